The maximum Gasteiger partial charge on any atom is 0.275 e. The van der Waals surface area contributed by atoms with Gasteiger partial charge in [-0.1, -0.05) is 34.8 Å². The molecule has 3 N–H and O–H groups in total. The van der Waals surface area contributed by atoms with Gasteiger partial charge >= 0.3 is 0 Å². The first kappa shape index (κ1) is 13.9. The van der Waals surface area contributed by atoms with Crippen molar-refractivity contribution in [3.05, 3.63) is 51.1 Å². The lowest BCUT2D eigenvalue weighted by atomic mass is 10.3. The molecule has 98 valence electrons. The number of rotatable bonds is 2. The van der Waals surface area contributed by atoms with Crippen molar-refractivity contribution in [3.8, 4) is 0 Å². The monoisotopic (exact) mass is 315 g/mol. The Kier molecular flexibility index (Phi) is 4.14. The predicted molar refractivity (Wildman–Crippen MR) is 78.1 cm³/mol. The molecule has 0 aliphatic rings. The molecule has 2 aromatic rings. The standard InChI is InChI=1S/C12H8Cl3N3O/c13-7-2-1-6(5-9(7)15)17-12(19)11-8(14)3-4-10(16)18-11/h1-5H,(H2,16,18)(H,17,19). The molecule has 1 aromatic carbocycles. The van der Waals surface area contributed by atoms with Crippen LogP contribution >= 0.6 is 34.8 Å². The number of aromatic nitrogens is 1. The number of nitrogen functional groups attached to an aromatic ring is 1. The van der Waals surface area contributed by atoms with Gasteiger partial charge in [0.05, 0.1) is 15.1 Å². The van der Waals surface area contributed by atoms with E-state index < -0.39 is 5.91 Å². The van der Waals surface area contributed by atoms with E-state index in [0.29, 0.717) is 15.7 Å². The molecule has 0 atom stereocenters. The highest BCUT2D eigenvalue weighted by Crippen LogP contribution is 2.25. The van der Waals surface area contributed by atoms with Gasteiger partial charge in [0.2, 0.25) is 0 Å². The summed E-state index contributed by atoms with van der Waals surface area (Å²) in [4.78, 5) is 15.9. The predicted octanol–water partition coefficient (Wildman–Crippen LogP) is 3.88. The number of nitrogens with zero attached hydrogens (tertiary/aromatic N) is 1. The Morgan fingerprint density at radius 1 is 1.05 bits per heavy atom. The number of benzene rings is 1. The zero-order valence-corrected chi connectivity index (χ0v) is 11.7. The molecule has 1 heterocycles. The van der Waals surface area contributed by atoms with Crippen LogP contribution in [0, 0.1) is 0 Å². The van der Waals surface area contributed by atoms with E-state index in [-0.39, 0.29) is 16.5 Å². The fourth-order valence-electron chi connectivity index (χ4n) is 1.38. The second-order valence-corrected chi connectivity index (χ2v) is 4.87. The van der Waals surface area contributed by atoms with Gasteiger partial charge < -0.3 is 11.1 Å². The number of halogens is 3. The molecule has 0 saturated heterocycles. The van der Waals surface area contributed by atoms with Crippen molar-refractivity contribution in [2.24, 2.45) is 0 Å². The molecule has 7 heteroatoms. The molecular formula is C12H8Cl3N3O. The van der Waals surface area contributed by atoms with Crippen LogP contribution in [0.1, 0.15) is 10.5 Å². The molecule has 1 aromatic heterocycles. The molecule has 0 aliphatic carbocycles. The van der Waals surface area contributed by atoms with Crippen LogP contribution in [0.2, 0.25) is 15.1 Å². The van der Waals surface area contributed by atoms with E-state index in [9.17, 15) is 4.79 Å². The largest absolute Gasteiger partial charge is 0.384 e. The summed E-state index contributed by atoms with van der Waals surface area (Å²) in [7, 11) is 0. The quantitative estimate of drug-likeness (QED) is 0.883. The fraction of sp³-hybridized carbons (Fsp3) is 0. The third-order valence-electron chi connectivity index (χ3n) is 2.26. The summed E-state index contributed by atoms with van der Waals surface area (Å²) in [5.74, 6) is -0.264. The minimum atomic E-state index is -0.476. The normalized spacial score (nSPS) is 10.3. The van der Waals surface area contributed by atoms with Gasteiger partial charge in [0.1, 0.15) is 11.5 Å². The van der Waals surface area contributed by atoms with E-state index in [1.54, 1.807) is 12.1 Å². The highest BCUT2D eigenvalue weighted by Gasteiger charge is 2.13. The van der Waals surface area contributed by atoms with Gasteiger partial charge in [-0.05, 0) is 30.3 Å². The van der Waals surface area contributed by atoms with Crippen LogP contribution in [0.25, 0.3) is 0 Å². The molecule has 2 rings (SSSR count). The first-order valence-corrected chi connectivity index (χ1v) is 6.29. The van der Waals surface area contributed by atoms with Gasteiger partial charge in [-0.15, -0.1) is 0 Å². The van der Waals surface area contributed by atoms with Crippen molar-refractivity contribution in [3.63, 3.8) is 0 Å². The third-order valence-corrected chi connectivity index (χ3v) is 3.30. The van der Waals surface area contributed by atoms with Gasteiger partial charge in [-0.3, -0.25) is 4.79 Å². The van der Waals surface area contributed by atoms with Gasteiger partial charge in [0.25, 0.3) is 5.91 Å². The van der Waals surface area contributed by atoms with E-state index in [1.165, 1.54) is 18.2 Å². The average Bonchev–Trinajstić information content (AvgIpc) is 2.36. The SMILES string of the molecule is Nc1ccc(Cl)c(C(=O)Nc2ccc(Cl)c(Cl)c2)n1. The summed E-state index contributed by atoms with van der Waals surface area (Å²) in [5, 5.41) is 3.57. The Balaban J connectivity index is 2.25. The van der Waals surface area contributed by atoms with Crippen molar-refractivity contribution in [1.29, 1.82) is 0 Å². The van der Waals surface area contributed by atoms with Crippen molar-refractivity contribution < 1.29 is 4.79 Å². The molecular weight excluding hydrogens is 309 g/mol. The minimum absolute atomic E-state index is 0.0488. The van der Waals surface area contributed by atoms with Crippen LogP contribution < -0.4 is 11.1 Å². The molecule has 1 amide bonds. The molecule has 0 spiro atoms. The van der Waals surface area contributed by atoms with Crippen LogP contribution in [-0.2, 0) is 0 Å². The van der Waals surface area contributed by atoms with E-state index in [0.717, 1.165) is 0 Å². The highest BCUT2D eigenvalue weighted by atomic mass is 35.5. The zero-order valence-electron chi connectivity index (χ0n) is 9.45. The lowest BCUT2D eigenvalue weighted by Crippen LogP contribution is -2.15. The summed E-state index contributed by atoms with van der Waals surface area (Å²) in [6, 6.07) is 7.74. The Morgan fingerprint density at radius 2 is 1.74 bits per heavy atom. The molecule has 19 heavy (non-hydrogen) atoms. The van der Waals surface area contributed by atoms with Crippen LogP contribution in [-0.4, -0.2) is 10.9 Å². The Bertz CT molecular complexity index is 646. The van der Waals surface area contributed by atoms with Crippen molar-refractivity contribution in [2.45, 2.75) is 0 Å². The molecule has 4 nitrogen and oxygen atoms in total. The zero-order chi connectivity index (χ0) is 14.0. The third kappa shape index (κ3) is 3.29. The summed E-state index contributed by atoms with van der Waals surface area (Å²) in [6.45, 7) is 0. The van der Waals surface area contributed by atoms with E-state index in [1.807, 2.05) is 0 Å². The molecule has 0 fully saturated rings. The topological polar surface area (TPSA) is 68.0 Å². The average molecular weight is 317 g/mol. The van der Waals surface area contributed by atoms with Gasteiger partial charge in [-0.2, -0.15) is 0 Å². The number of carbonyl (C=O) groups is 1. The number of hydrogen-bond donors (Lipinski definition) is 2. The number of carbonyl (C=O) groups excluding carboxylic acids is 1. The molecule has 0 saturated carbocycles. The van der Waals surface area contributed by atoms with Crippen LogP contribution in [0.5, 0.6) is 0 Å². The van der Waals surface area contributed by atoms with Gasteiger partial charge in [-0.25, -0.2) is 4.98 Å². The highest BCUT2D eigenvalue weighted by molar-refractivity contribution is 6.42. The minimum Gasteiger partial charge on any atom is -0.384 e. The van der Waals surface area contributed by atoms with E-state index in [2.05, 4.69) is 10.3 Å². The maximum atomic E-state index is 12.0. The second-order valence-electron chi connectivity index (χ2n) is 3.65. The Morgan fingerprint density at radius 3 is 2.42 bits per heavy atom. The molecule has 0 bridgehead atoms. The smallest absolute Gasteiger partial charge is 0.275 e. The Hall–Kier alpha value is -1.49. The lowest BCUT2D eigenvalue weighted by molar-refractivity contribution is 0.102. The van der Waals surface area contributed by atoms with Crippen LogP contribution in [0.15, 0.2) is 30.3 Å². The second kappa shape index (κ2) is 5.65. The summed E-state index contributed by atoms with van der Waals surface area (Å²) in [5.41, 5.74) is 6.05. The number of nitrogens with one attached hydrogen (secondary N) is 1. The molecule has 0 radical (unpaired) electrons. The number of amides is 1. The summed E-state index contributed by atoms with van der Waals surface area (Å²) < 4.78 is 0. The number of pyridine rings is 1. The van der Waals surface area contributed by atoms with Crippen LogP contribution in [0.4, 0.5) is 11.5 Å². The fourth-order valence-corrected chi connectivity index (χ4v) is 1.87. The van der Waals surface area contributed by atoms with E-state index >= 15 is 0 Å². The van der Waals surface area contributed by atoms with Crippen molar-refractivity contribution >= 4 is 52.2 Å². The number of anilines is 2. The maximum absolute atomic E-state index is 12.0. The van der Waals surface area contributed by atoms with Crippen molar-refractivity contribution in [2.75, 3.05) is 11.1 Å². The van der Waals surface area contributed by atoms with E-state index in [4.69, 9.17) is 40.5 Å². The Labute approximate surface area is 124 Å². The summed E-state index contributed by atoms with van der Waals surface area (Å²) >= 11 is 17.5. The lowest BCUT2D eigenvalue weighted by Gasteiger charge is -2.07. The number of nitrogens with two attached hydrogens (primary N) is 1. The van der Waals surface area contributed by atoms with Crippen LogP contribution in [0.3, 0.4) is 0 Å². The molecule has 0 unspecified atom stereocenters. The first-order valence-electron chi connectivity index (χ1n) is 5.16. The number of hydrogen-bond acceptors (Lipinski definition) is 3. The van der Waals surface area contributed by atoms with Gasteiger partial charge in [0, 0.05) is 5.69 Å². The summed E-state index contributed by atoms with van der Waals surface area (Å²) in [6.07, 6.45) is 0. The first-order chi connectivity index (χ1) is 8.97. The molecule has 0 aliphatic heterocycles. The van der Waals surface area contributed by atoms with Gasteiger partial charge in [0.15, 0.2) is 0 Å². The van der Waals surface area contributed by atoms with Crippen molar-refractivity contribution in [1.82, 2.24) is 4.98 Å².